The highest BCUT2D eigenvalue weighted by Gasteiger charge is 1.88. The van der Waals surface area contributed by atoms with Gasteiger partial charge in [-0.1, -0.05) is 49.1 Å². The average Bonchev–Trinajstić information content (AvgIpc) is 2.08. The smallest absolute Gasteiger partial charge is 0.0496 e. The van der Waals surface area contributed by atoms with Crippen LogP contribution in [0.3, 0.4) is 0 Å². The Morgan fingerprint density at radius 2 is 1.92 bits per heavy atom. The summed E-state index contributed by atoms with van der Waals surface area (Å²) in [5.74, 6) is 0. The SMILES string of the molecule is C=C/C=c1/cccc/c1=C/C(C)Cl. The predicted octanol–water partition coefficient (Wildman–Crippen LogP) is 2.06. The number of hydrogen-bond acceptors (Lipinski definition) is 0. The summed E-state index contributed by atoms with van der Waals surface area (Å²) in [4.78, 5) is 0. The van der Waals surface area contributed by atoms with E-state index in [1.807, 2.05) is 43.3 Å². The number of hydrogen-bond donors (Lipinski definition) is 0. The average molecular weight is 193 g/mol. The monoisotopic (exact) mass is 192 g/mol. The van der Waals surface area contributed by atoms with Crippen molar-refractivity contribution >= 4 is 23.8 Å². The zero-order chi connectivity index (χ0) is 9.68. The number of allylic oxidation sites excluding steroid dienone is 1. The molecule has 1 aromatic carbocycles. The van der Waals surface area contributed by atoms with Gasteiger partial charge in [0.25, 0.3) is 0 Å². The lowest BCUT2D eigenvalue weighted by Gasteiger charge is -1.92. The van der Waals surface area contributed by atoms with E-state index in [2.05, 4.69) is 6.58 Å². The van der Waals surface area contributed by atoms with Gasteiger partial charge in [-0.15, -0.1) is 11.6 Å². The Kier molecular flexibility index (Phi) is 3.78. The topological polar surface area (TPSA) is 0 Å². The van der Waals surface area contributed by atoms with Crippen molar-refractivity contribution < 1.29 is 0 Å². The molecule has 0 aromatic heterocycles. The predicted molar refractivity (Wildman–Crippen MR) is 60.1 cm³/mol. The molecule has 0 aliphatic rings. The van der Waals surface area contributed by atoms with Crippen LogP contribution in [-0.4, -0.2) is 5.38 Å². The molecule has 1 atom stereocenters. The number of benzene rings is 1. The fourth-order valence-electron chi connectivity index (χ4n) is 1.19. The molecular formula is C12H13Cl. The largest absolute Gasteiger partial charge is 0.119 e. The summed E-state index contributed by atoms with van der Waals surface area (Å²) in [6, 6.07) is 8.11. The Morgan fingerprint density at radius 1 is 1.31 bits per heavy atom. The zero-order valence-electron chi connectivity index (χ0n) is 7.70. The first-order chi connectivity index (χ1) is 6.24. The first-order valence-electron chi connectivity index (χ1n) is 4.28. The van der Waals surface area contributed by atoms with Crippen molar-refractivity contribution in [2.45, 2.75) is 12.3 Å². The first kappa shape index (κ1) is 10.1. The van der Waals surface area contributed by atoms with Crippen molar-refractivity contribution in [2.75, 3.05) is 0 Å². The van der Waals surface area contributed by atoms with E-state index in [1.165, 1.54) is 0 Å². The van der Waals surface area contributed by atoms with Crippen LogP contribution in [0.2, 0.25) is 0 Å². The lowest BCUT2D eigenvalue weighted by molar-refractivity contribution is 1.28. The number of rotatable bonds is 2. The summed E-state index contributed by atoms with van der Waals surface area (Å²) >= 11 is 5.89. The second-order valence-corrected chi connectivity index (χ2v) is 3.56. The zero-order valence-corrected chi connectivity index (χ0v) is 8.46. The van der Waals surface area contributed by atoms with Gasteiger partial charge in [-0.2, -0.15) is 0 Å². The summed E-state index contributed by atoms with van der Waals surface area (Å²) in [5, 5.41) is 2.37. The highest BCUT2D eigenvalue weighted by atomic mass is 35.5. The molecule has 0 nitrogen and oxygen atoms in total. The maximum Gasteiger partial charge on any atom is 0.0496 e. The third kappa shape index (κ3) is 3.08. The van der Waals surface area contributed by atoms with Crippen molar-refractivity contribution in [2.24, 2.45) is 0 Å². The molecule has 0 aliphatic carbocycles. The van der Waals surface area contributed by atoms with Crippen LogP contribution >= 0.6 is 11.6 Å². The van der Waals surface area contributed by atoms with Crippen LogP contribution in [0.1, 0.15) is 6.92 Å². The minimum absolute atomic E-state index is 0.0550. The maximum atomic E-state index is 5.89. The first-order valence-corrected chi connectivity index (χ1v) is 4.71. The van der Waals surface area contributed by atoms with Crippen LogP contribution in [-0.2, 0) is 0 Å². The van der Waals surface area contributed by atoms with Gasteiger partial charge in [0, 0.05) is 5.38 Å². The van der Waals surface area contributed by atoms with Gasteiger partial charge in [0.2, 0.25) is 0 Å². The Bertz CT molecular complexity index is 388. The van der Waals surface area contributed by atoms with E-state index in [4.69, 9.17) is 11.6 Å². The molecule has 0 N–H and O–H groups in total. The van der Waals surface area contributed by atoms with Gasteiger partial charge in [-0.05, 0) is 17.4 Å². The number of alkyl halides is 1. The molecule has 0 saturated heterocycles. The Hall–Kier alpha value is -1.01. The molecule has 0 fully saturated rings. The molecule has 0 heterocycles. The van der Waals surface area contributed by atoms with Crippen molar-refractivity contribution in [3.8, 4) is 0 Å². The van der Waals surface area contributed by atoms with E-state index in [1.54, 1.807) is 6.08 Å². The summed E-state index contributed by atoms with van der Waals surface area (Å²) < 4.78 is 0. The lowest BCUT2D eigenvalue weighted by Crippen LogP contribution is -2.24. The third-order valence-corrected chi connectivity index (χ3v) is 1.83. The van der Waals surface area contributed by atoms with Crippen molar-refractivity contribution in [3.05, 3.63) is 47.4 Å². The van der Waals surface area contributed by atoms with Gasteiger partial charge < -0.3 is 0 Å². The highest BCUT2D eigenvalue weighted by Crippen LogP contribution is 1.92. The molecule has 68 valence electrons. The van der Waals surface area contributed by atoms with Crippen molar-refractivity contribution in [1.82, 2.24) is 0 Å². The number of halogens is 1. The van der Waals surface area contributed by atoms with Crippen molar-refractivity contribution in [3.63, 3.8) is 0 Å². The van der Waals surface area contributed by atoms with Crippen LogP contribution in [0.4, 0.5) is 0 Å². The van der Waals surface area contributed by atoms with Gasteiger partial charge >= 0.3 is 0 Å². The summed E-state index contributed by atoms with van der Waals surface area (Å²) in [7, 11) is 0. The van der Waals surface area contributed by atoms with E-state index in [0.29, 0.717) is 0 Å². The van der Waals surface area contributed by atoms with E-state index >= 15 is 0 Å². The summed E-state index contributed by atoms with van der Waals surface area (Å²) in [6.45, 7) is 5.62. The molecule has 0 amide bonds. The van der Waals surface area contributed by atoms with Gasteiger partial charge in [-0.3, -0.25) is 0 Å². The molecule has 0 bridgehead atoms. The van der Waals surface area contributed by atoms with Gasteiger partial charge in [-0.25, -0.2) is 0 Å². The van der Waals surface area contributed by atoms with Crippen LogP contribution in [0.25, 0.3) is 12.2 Å². The van der Waals surface area contributed by atoms with Crippen LogP contribution in [0, 0.1) is 0 Å². The molecule has 1 rings (SSSR count). The molecule has 1 heteroatoms. The fourth-order valence-corrected chi connectivity index (χ4v) is 1.32. The minimum atomic E-state index is 0.0550. The standard InChI is InChI=1S/C12H13Cl/c1-3-6-11-7-4-5-8-12(11)9-10(2)13/h3-10H,1H2,2H3/b11-6-,12-9-. The maximum absolute atomic E-state index is 5.89. The van der Waals surface area contributed by atoms with E-state index in [9.17, 15) is 0 Å². The highest BCUT2D eigenvalue weighted by molar-refractivity contribution is 6.23. The minimum Gasteiger partial charge on any atom is -0.119 e. The fraction of sp³-hybridized carbons (Fsp3) is 0.167. The Labute approximate surface area is 83.9 Å². The molecule has 0 saturated carbocycles. The second-order valence-electron chi connectivity index (χ2n) is 2.88. The van der Waals surface area contributed by atoms with Gasteiger partial charge in [0.15, 0.2) is 0 Å². The molecular weight excluding hydrogens is 180 g/mol. The van der Waals surface area contributed by atoms with Gasteiger partial charge in [0.05, 0.1) is 0 Å². The second kappa shape index (κ2) is 4.88. The van der Waals surface area contributed by atoms with Gasteiger partial charge in [0.1, 0.15) is 0 Å². The molecule has 0 radical (unpaired) electrons. The lowest BCUT2D eigenvalue weighted by atomic mass is 10.2. The molecule has 13 heavy (non-hydrogen) atoms. The molecule has 1 aromatic rings. The normalized spacial score (nSPS) is 15.8. The Morgan fingerprint density at radius 3 is 2.46 bits per heavy atom. The molecule has 1 unspecified atom stereocenters. The third-order valence-electron chi connectivity index (χ3n) is 1.70. The summed E-state index contributed by atoms with van der Waals surface area (Å²) in [6.07, 6.45) is 5.79. The quantitative estimate of drug-likeness (QED) is 0.630. The summed E-state index contributed by atoms with van der Waals surface area (Å²) in [5.41, 5.74) is 0. The van der Waals surface area contributed by atoms with Crippen molar-refractivity contribution in [1.29, 1.82) is 0 Å². The van der Waals surface area contributed by atoms with E-state index < -0.39 is 0 Å². The Balaban J connectivity index is 3.36. The molecule has 0 aliphatic heterocycles. The van der Waals surface area contributed by atoms with Crippen LogP contribution < -0.4 is 10.4 Å². The van der Waals surface area contributed by atoms with Crippen LogP contribution in [0.5, 0.6) is 0 Å². The van der Waals surface area contributed by atoms with Crippen LogP contribution in [0.15, 0.2) is 36.9 Å². The van der Waals surface area contributed by atoms with E-state index in [-0.39, 0.29) is 5.38 Å². The van der Waals surface area contributed by atoms with E-state index in [0.717, 1.165) is 10.4 Å². The molecule has 0 spiro atoms.